The summed E-state index contributed by atoms with van der Waals surface area (Å²) in [5.41, 5.74) is 0. The van der Waals surface area contributed by atoms with E-state index < -0.39 is 19.0 Å². The van der Waals surface area contributed by atoms with E-state index in [-0.39, 0.29) is 26.2 Å². The zero-order valence-corrected chi connectivity index (χ0v) is 10.9. The first-order valence-electron chi connectivity index (χ1n) is 1.92. The quantitative estimate of drug-likeness (QED) is 0.421. The van der Waals surface area contributed by atoms with E-state index in [0.717, 1.165) is 0 Å². The summed E-state index contributed by atoms with van der Waals surface area (Å²) in [5, 5.41) is 0. The molecule has 0 fully saturated rings. The summed E-state index contributed by atoms with van der Waals surface area (Å²) in [6.07, 6.45) is 0. The van der Waals surface area contributed by atoms with E-state index in [9.17, 15) is 28.7 Å². The minimum Gasteiger partial charge on any atom is -0.808 e. The molecule has 0 spiro atoms. The molecule has 0 aromatic heterocycles. The van der Waals surface area contributed by atoms with Crippen LogP contribution in [0.5, 0.6) is 0 Å². The van der Waals surface area contributed by atoms with E-state index in [1.54, 1.807) is 0 Å². The van der Waals surface area contributed by atoms with Gasteiger partial charge in [0.05, 0.1) is 0 Å². The molecule has 0 bridgehead atoms. The van der Waals surface area contributed by atoms with Crippen molar-refractivity contribution in [2.75, 3.05) is 0 Å². The van der Waals surface area contributed by atoms with Gasteiger partial charge >= 0.3 is 26.2 Å². The van der Waals surface area contributed by atoms with Crippen LogP contribution < -0.4 is 19.6 Å². The molecule has 0 unspecified atom stereocenters. The molecule has 0 N–H and O–H groups in total. The van der Waals surface area contributed by atoms with Gasteiger partial charge in [0.2, 0.25) is 0 Å². The van der Waals surface area contributed by atoms with E-state index in [2.05, 4.69) is 23.2 Å². The summed E-state index contributed by atoms with van der Waals surface area (Å²) in [4.78, 5) is 39.7. The number of hydrogen-bond donors (Lipinski definition) is 0. The molecule has 0 aromatic rings. The van der Waals surface area contributed by atoms with Crippen LogP contribution in [0.1, 0.15) is 0 Å². The fourth-order valence-electron chi connectivity index (χ4n) is 0.150. The standard InChI is InChI=1S/CH4Cl2O6P2.Zr/c2-1(3,10(4,5)6)11(7,8)9;/h(H2,4,5,6)(H2,7,8,9);/q;+4/p-4. The molecule has 0 atom stereocenters. The third-order valence-corrected chi connectivity index (χ3v) is 5.93. The summed E-state index contributed by atoms with van der Waals surface area (Å²) in [5.74, 6) is 0. The molecule has 0 radical (unpaired) electrons. The molecule has 11 heteroatoms. The fourth-order valence-corrected chi connectivity index (χ4v) is 1.35. The largest absolute Gasteiger partial charge is 4.00 e. The predicted octanol–water partition coefficient (Wildman–Crippen LogP) is -2.10. The van der Waals surface area contributed by atoms with Crippen LogP contribution in [-0.4, -0.2) is 3.82 Å². The average molecular weight is 332 g/mol. The first-order valence-corrected chi connectivity index (χ1v) is 5.76. The van der Waals surface area contributed by atoms with Crippen molar-refractivity contribution in [2.45, 2.75) is 3.82 Å². The second-order valence-electron chi connectivity index (χ2n) is 1.50. The maximum atomic E-state index is 9.94. The average Bonchev–Trinajstić information content (AvgIpc) is 1.58. The first kappa shape index (κ1) is 16.2. The van der Waals surface area contributed by atoms with E-state index in [1.165, 1.54) is 0 Å². The Morgan fingerprint density at radius 1 is 0.917 bits per heavy atom. The van der Waals surface area contributed by atoms with Gasteiger partial charge in [-0.05, 0) is 15.2 Å². The second-order valence-corrected chi connectivity index (χ2v) is 7.57. The Morgan fingerprint density at radius 3 is 1.08 bits per heavy atom. The van der Waals surface area contributed by atoms with Gasteiger partial charge in [0.25, 0.3) is 0 Å². The summed E-state index contributed by atoms with van der Waals surface area (Å²) < 4.78 is 16.1. The van der Waals surface area contributed by atoms with Crippen LogP contribution in [-0.2, 0) is 35.3 Å². The van der Waals surface area contributed by atoms with Crippen molar-refractivity contribution >= 4 is 38.4 Å². The third-order valence-electron chi connectivity index (χ3n) is 0.659. The van der Waals surface area contributed by atoms with Crippen molar-refractivity contribution in [2.24, 2.45) is 0 Å². The molecule has 0 aliphatic carbocycles. The summed E-state index contributed by atoms with van der Waals surface area (Å²) in [7, 11) is -11.7. The van der Waals surface area contributed by atoms with Crippen molar-refractivity contribution in [3.05, 3.63) is 0 Å². The van der Waals surface area contributed by atoms with E-state index >= 15 is 0 Å². The van der Waals surface area contributed by atoms with E-state index in [1.807, 2.05) is 0 Å². The van der Waals surface area contributed by atoms with Crippen molar-refractivity contribution in [3.8, 4) is 0 Å². The van der Waals surface area contributed by atoms with Gasteiger partial charge in [-0.3, -0.25) is 0 Å². The molecule has 68 valence electrons. The van der Waals surface area contributed by atoms with Gasteiger partial charge in [-0.2, -0.15) is 0 Å². The molecule has 0 aliphatic rings. The maximum Gasteiger partial charge on any atom is 4.00 e. The Hall–Kier alpha value is 1.76. The molecule has 0 amide bonds. The molecular formula is CCl2O6P2Zr. The Labute approximate surface area is 96.7 Å². The van der Waals surface area contributed by atoms with Gasteiger partial charge in [0.15, 0.2) is 3.82 Å². The van der Waals surface area contributed by atoms with Crippen LogP contribution >= 0.6 is 38.4 Å². The van der Waals surface area contributed by atoms with Gasteiger partial charge in [-0.15, -0.1) is 0 Å². The van der Waals surface area contributed by atoms with Gasteiger partial charge in [-0.25, -0.2) is 0 Å². The fraction of sp³-hybridized carbons (Fsp3) is 1.00. The van der Waals surface area contributed by atoms with Crippen molar-refractivity contribution in [1.82, 2.24) is 0 Å². The van der Waals surface area contributed by atoms with Crippen LogP contribution in [0, 0.1) is 0 Å². The van der Waals surface area contributed by atoms with Crippen LogP contribution in [0.4, 0.5) is 0 Å². The van der Waals surface area contributed by atoms with Gasteiger partial charge in [-0.1, -0.05) is 23.2 Å². The van der Waals surface area contributed by atoms with E-state index in [4.69, 9.17) is 0 Å². The predicted molar refractivity (Wildman–Crippen MR) is 29.7 cm³/mol. The topological polar surface area (TPSA) is 126 Å². The van der Waals surface area contributed by atoms with Crippen LogP contribution in [0.15, 0.2) is 0 Å². The summed E-state index contributed by atoms with van der Waals surface area (Å²) in [6.45, 7) is 0. The summed E-state index contributed by atoms with van der Waals surface area (Å²) >= 11 is 8.96. The monoisotopic (exact) mass is 330 g/mol. The number of hydrogen-bond acceptors (Lipinski definition) is 6. The van der Waals surface area contributed by atoms with Gasteiger partial charge < -0.3 is 28.7 Å². The minimum absolute atomic E-state index is 0. The Morgan fingerprint density at radius 2 is 1.08 bits per heavy atom. The SMILES string of the molecule is O=P([O-])([O-])C(Cl)(Cl)P(=O)([O-])[O-].[Zr+4]. The second kappa shape index (κ2) is 4.52. The Bertz CT molecular complexity index is 216. The minimum atomic E-state index is -5.85. The molecule has 0 aliphatic heterocycles. The van der Waals surface area contributed by atoms with Crippen LogP contribution in [0.3, 0.4) is 0 Å². The molecule has 0 heterocycles. The smallest absolute Gasteiger partial charge is 0.808 e. The van der Waals surface area contributed by atoms with Crippen LogP contribution in [0.2, 0.25) is 0 Å². The van der Waals surface area contributed by atoms with Gasteiger partial charge in [0, 0.05) is 0 Å². The maximum absolute atomic E-state index is 9.94. The normalized spacial score (nSPS) is 13.8. The number of alkyl halides is 2. The van der Waals surface area contributed by atoms with Crippen molar-refractivity contribution in [3.63, 3.8) is 0 Å². The molecular weight excluding hydrogens is 332 g/mol. The number of halogens is 2. The summed E-state index contributed by atoms with van der Waals surface area (Å²) in [6, 6.07) is 0. The van der Waals surface area contributed by atoms with Gasteiger partial charge in [0.1, 0.15) is 0 Å². The molecule has 6 nitrogen and oxygen atoms in total. The van der Waals surface area contributed by atoms with Crippen molar-refractivity contribution in [1.29, 1.82) is 0 Å². The number of rotatable bonds is 2. The Balaban J connectivity index is 0. The molecule has 0 aromatic carbocycles. The molecule has 0 rings (SSSR count). The molecule has 0 saturated heterocycles. The van der Waals surface area contributed by atoms with Crippen molar-refractivity contribution < 1.29 is 54.9 Å². The molecule has 0 saturated carbocycles. The third kappa shape index (κ3) is 3.49. The Kier molecular flexibility index (Phi) is 6.11. The zero-order chi connectivity index (χ0) is 9.50. The van der Waals surface area contributed by atoms with Crippen LogP contribution in [0.25, 0.3) is 0 Å². The molecule has 12 heavy (non-hydrogen) atoms. The zero-order valence-electron chi connectivity index (χ0n) is 5.10. The van der Waals surface area contributed by atoms with E-state index in [0.29, 0.717) is 0 Å². The first-order chi connectivity index (χ1) is 4.50.